The molecule has 0 aliphatic rings. The minimum Gasteiger partial charge on any atom is -0.497 e. The van der Waals surface area contributed by atoms with E-state index in [4.69, 9.17) is 9.84 Å². The van der Waals surface area contributed by atoms with E-state index >= 15 is 0 Å². The quantitative estimate of drug-likeness (QED) is 0.712. The summed E-state index contributed by atoms with van der Waals surface area (Å²) in [5.74, 6) is 0.713. The third-order valence-electron chi connectivity index (χ3n) is 3.98. The summed E-state index contributed by atoms with van der Waals surface area (Å²) in [6.07, 6.45) is 0.401. The summed E-state index contributed by atoms with van der Waals surface area (Å²) in [6.45, 7) is 0.213. The molecule has 3 rings (SSSR count). The van der Waals surface area contributed by atoms with Crippen LogP contribution in [0.25, 0.3) is 0 Å². The lowest BCUT2D eigenvalue weighted by Gasteiger charge is -2.17. The Bertz CT molecular complexity index is 820. The van der Waals surface area contributed by atoms with Crippen molar-refractivity contribution in [2.24, 2.45) is 0 Å². The number of aliphatic hydroxyl groups excluding tert-OH is 1. The van der Waals surface area contributed by atoms with Gasteiger partial charge in [-0.25, -0.2) is 4.39 Å². The molecular formula is C18H19FN4O2. The Morgan fingerprint density at radius 1 is 1.16 bits per heavy atom. The van der Waals surface area contributed by atoms with Crippen molar-refractivity contribution in [1.82, 2.24) is 20.2 Å². The van der Waals surface area contributed by atoms with Gasteiger partial charge in [0.1, 0.15) is 11.6 Å². The lowest BCUT2D eigenvalue weighted by Crippen LogP contribution is -2.10. The van der Waals surface area contributed by atoms with Gasteiger partial charge in [0, 0.05) is 12.3 Å². The van der Waals surface area contributed by atoms with E-state index in [0.29, 0.717) is 17.8 Å². The van der Waals surface area contributed by atoms with Gasteiger partial charge in [-0.15, -0.1) is 10.2 Å². The number of aromatic nitrogens is 4. The normalized spacial score (nSPS) is 12.1. The summed E-state index contributed by atoms with van der Waals surface area (Å²) in [7, 11) is 1.60. The fraction of sp³-hybridized carbons (Fsp3) is 0.278. The van der Waals surface area contributed by atoms with Crippen LogP contribution >= 0.6 is 0 Å². The van der Waals surface area contributed by atoms with E-state index in [1.54, 1.807) is 19.2 Å². The molecule has 1 heterocycles. The second kappa shape index (κ2) is 7.85. The first-order valence-electron chi connectivity index (χ1n) is 7.97. The van der Waals surface area contributed by atoms with Crippen LogP contribution in [0.2, 0.25) is 0 Å². The molecule has 6 nitrogen and oxygen atoms in total. The summed E-state index contributed by atoms with van der Waals surface area (Å²) in [5, 5.41) is 21.1. The number of aliphatic hydroxyl groups is 1. The maximum absolute atomic E-state index is 14.4. The number of nitrogens with zero attached hydrogens (tertiary/aromatic N) is 4. The molecule has 0 saturated carbocycles. The number of hydrogen-bond donors (Lipinski definition) is 1. The van der Waals surface area contributed by atoms with E-state index in [0.717, 1.165) is 11.3 Å². The Morgan fingerprint density at radius 3 is 2.60 bits per heavy atom. The molecule has 0 aliphatic heterocycles. The van der Waals surface area contributed by atoms with Crippen LogP contribution < -0.4 is 4.74 Å². The molecule has 130 valence electrons. The van der Waals surface area contributed by atoms with Crippen molar-refractivity contribution in [3.63, 3.8) is 0 Å². The Balaban J connectivity index is 1.94. The van der Waals surface area contributed by atoms with E-state index in [1.165, 1.54) is 10.9 Å². The summed E-state index contributed by atoms with van der Waals surface area (Å²) in [4.78, 5) is 1.34. The topological polar surface area (TPSA) is 73.1 Å². The summed E-state index contributed by atoms with van der Waals surface area (Å²) >= 11 is 0. The zero-order chi connectivity index (χ0) is 17.6. The van der Waals surface area contributed by atoms with Gasteiger partial charge in [-0.2, -0.15) is 4.80 Å². The smallest absolute Gasteiger partial charge is 0.175 e. The van der Waals surface area contributed by atoms with Crippen LogP contribution in [-0.2, 0) is 13.0 Å². The van der Waals surface area contributed by atoms with Crippen LogP contribution in [-0.4, -0.2) is 39.0 Å². The molecule has 0 spiro atoms. The number of tetrazole rings is 1. The standard InChI is InChI=1S/C18H19FN4O2/c1-25-14-8-6-13(7-9-14)16(15-4-2-3-5-17(15)19)12-18-20-22-23(21-18)10-11-24/h2-9,16,24H,10-12H2,1H3/t16-/m0/s1. The maximum Gasteiger partial charge on any atom is 0.175 e. The number of benzene rings is 2. The monoisotopic (exact) mass is 342 g/mol. The van der Waals surface area contributed by atoms with Gasteiger partial charge in [0.05, 0.1) is 20.3 Å². The first kappa shape index (κ1) is 17.0. The lowest BCUT2D eigenvalue weighted by atomic mass is 9.88. The van der Waals surface area contributed by atoms with Crippen molar-refractivity contribution in [1.29, 1.82) is 0 Å². The number of rotatable bonds is 7. The molecule has 1 N–H and O–H groups in total. The van der Waals surface area contributed by atoms with Gasteiger partial charge in [0.2, 0.25) is 0 Å². The van der Waals surface area contributed by atoms with Gasteiger partial charge >= 0.3 is 0 Å². The van der Waals surface area contributed by atoms with E-state index in [9.17, 15) is 4.39 Å². The largest absolute Gasteiger partial charge is 0.497 e. The third-order valence-corrected chi connectivity index (χ3v) is 3.98. The molecule has 2 aromatic carbocycles. The molecule has 3 aromatic rings. The van der Waals surface area contributed by atoms with Crippen molar-refractivity contribution < 1.29 is 14.2 Å². The van der Waals surface area contributed by atoms with E-state index in [1.807, 2.05) is 30.3 Å². The fourth-order valence-electron chi connectivity index (χ4n) is 2.73. The lowest BCUT2D eigenvalue weighted by molar-refractivity contribution is 0.259. The van der Waals surface area contributed by atoms with Crippen LogP contribution in [0.5, 0.6) is 5.75 Å². The van der Waals surface area contributed by atoms with Crippen molar-refractivity contribution in [2.45, 2.75) is 18.9 Å². The van der Waals surface area contributed by atoms with E-state index < -0.39 is 0 Å². The number of hydrogen-bond acceptors (Lipinski definition) is 5. The number of ether oxygens (including phenoxy) is 1. The highest BCUT2D eigenvalue weighted by Crippen LogP contribution is 2.30. The predicted molar refractivity (Wildman–Crippen MR) is 89.8 cm³/mol. The Hall–Kier alpha value is -2.80. The molecule has 7 heteroatoms. The molecular weight excluding hydrogens is 323 g/mol. The van der Waals surface area contributed by atoms with Crippen molar-refractivity contribution in [3.05, 3.63) is 71.3 Å². The van der Waals surface area contributed by atoms with Gasteiger partial charge in [-0.05, 0) is 34.5 Å². The van der Waals surface area contributed by atoms with Crippen LogP contribution in [0.3, 0.4) is 0 Å². The van der Waals surface area contributed by atoms with E-state index in [2.05, 4.69) is 15.4 Å². The van der Waals surface area contributed by atoms with Gasteiger partial charge < -0.3 is 9.84 Å². The average molecular weight is 342 g/mol. The first-order chi connectivity index (χ1) is 12.2. The molecule has 0 radical (unpaired) electrons. The molecule has 0 amide bonds. The summed E-state index contributed by atoms with van der Waals surface area (Å²) < 4.78 is 19.6. The highest BCUT2D eigenvalue weighted by Gasteiger charge is 2.21. The first-order valence-corrected chi connectivity index (χ1v) is 7.97. The summed E-state index contributed by atoms with van der Waals surface area (Å²) in [5.41, 5.74) is 1.51. The van der Waals surface area contributed by atoms with Gasteiger partial charge in [0.25, 0.3) is 0 Å². The molecule has 0 aliphatic carbocycles. The fourth-order valence-corrected chi connectivity index (χ4v) is 2.73. The van der Waals surface area contributed by atoms with Crippen LogP contribution in [0.1, 0.15) is 22.9 Å². The predicted octanol–water partition coefficient (Wildman–Crippen LogP) is 2.19. The number of halogens is 1. The minimum absolute atomic E-state index is 0.0645. The maximum atomic E-state index is 14.4. The highest BCUT2D eigenvalue weighted by atomic mass is 19.1. The second-order valence-electron chi connectivity index (χ2n) is 5.58. The third kappa shape index (κ3) is 4.00. The average Bonchev–Trinajstić information content (AvgIpc) is 3.08. The Labute approximate surface area is 144 Å². The van der Waals surface area contributed by atoms with Crippen LogP contribution in [0.4, 0.5) is 4.39 Å². The molecule has 0 fully saturated rings. The van der Waals surface area contributed by atoms with Gasteiger partial charge in [-0.3, -0.25) is 0 Å². The Morgan fingerprint density at radius 2 is 1.92 bits per heavy atom. The van der Waals surface area contributed by atoms with Crippen molar-refractivity contribution >= 4 is 0 Å². The SMILES string of the molecule is COc1ccc([C@H](Cc2nnn(CCO)n2)c2ccccc2F)cc1. The molecule has 0 saturated heterocycles. The van der Waals surface area contributed by atoms with Gasteiger partial charge in [0.15, 0.2) is 5.82 Å². The Kier molecular flexibility index (Phi) is 5.35. The zero-order valence-electron chi connectivity index (χ0n) is 13.8. The minimum atomic E-state index is -0.272. The highest BCUT2D eigenvalue weighted by molar-refractivity contribution is 5.37. The molecule has 1 aromatic heterocycles. The van der Waals surface area contributed by atoms with Crippen LogP contribution in [0, 0.1) is 5.82 Å². The number of methoxy groups -OCH3 is 1. The summed E-state index contributed by atoms with van der Waals surface area (Å²) in [6, 6.07) is 14.2. The van der Waals surface area contributed by atoms with E-state index in [-0.39, 0.29) is 24.9 Å². The molecule has 25 heavy (non-hydrogen) atoms. The van der Waals surface area contributed by atoms with Crippen molar-refractivity contribution in [3.8, 4) is 5.75 Å². The van der Waals surface area contributed by atoms with Crippen LogP contribution in [0.15, 0.2) is 48.5 Å². The molecule has 0 bridgehead atoms. The molecule has 0 unspecified atom stereocenters. The zero-order valence-corrected chi connectivity index (χ0v) is 13.8. The second-order valence-corrected chi connectivity index (χ2v) is 5.58. The van der Waals surface area contributed by atoms with Crippen molar-refractivity contribution in [2.75, 3.05) is 13.7 Å². The van der Waals surface area contributed by atoms with Gasteiger partial charge in [-0.1, -0.05) is 30.3 Å². The molecule has 1 atom stereocenters.